The van der Waals surface area contributed by atoms with Gasteiger partial charge in [-0.15, -0.1) is 0 Å². The molecule has 0 fully saturated rings. The van der Waals surface area contributed by atoms with E-state index in [1.165, 1.54) is 31.3 Å². The van der Waals surface area contributed by atoms with Gasteiger partial charge in [-0.3, -0.25) is 0 Å². The van der Waals surface area contributed by atoms with Gasteiger partial charge in [0.25, 0.3) is 0 Å². The Labute approximate surface area is 185 Å². The fourth-order valence-corrected chi connectivity index (χ4v) is 4.20. The smallest absolute Gasteiger partial charge is 0.419 e. The summed E-state index contributed by atoms with van der Waals surface area (Å²) in [6, 6.07) is 2.84. The standard InChI is InChI=1S/C22H18ClF4N3O2/c1-3-11-8-21(32,22(25,26)27)20(14-6-16(23)19(31)7-13(11)14)30-18-5-12(24)4-17-15(18)9-28-10(2)29-17/h3-7,9,20,30-32H,8H2,1-2H3. The molecule has 1 aliphatic carbocycles. The number of rotatable bonds is 2. The summed E-state index contributed by atoms with van der Waals surface area (Å²) in [5.41, 5.74) is -2.57. The number of aryl methyl sites for hydroxylation is 1. The monoisotopic (exact) mass is 467 g/mol. The number of nitrogens with zero attached hydrogens (tertiary/aromatic N) is 2. The minimum atomic E-state index is -5.04. The lowest BCUT2D eigenvalue weighted by molar-refractivity contribution is -0.265. The number of phenolic OH excluding ortho intramolecular Hbond substituents is 1. The van der Waals surface area contributed by atoms with E-state index in [4.69, 9.17) is 11.6 Å². The lowest BCUT2D eigenvalue weighted by atomic mass is 9.73. The van der Waals surface area contributed by atoms with Gasteiger partial charge in [-0.2, -0.15) is 13.2 Å². The molecular weight excluding hydrogens is 450 g/mol. The first-order chi connectivity index (χ1) is 14.9. The van der Waals surface area contributed by atoms with Crippen molar-refractivity contribution in [2.24, 2.45) is 0 Å². The Kier molecular flexibility index (Phi) is 5.29. The van der Waals surface area contributed by atoms with Gasteiger partial charge in [0.15, 0.2) is 5.60 Å². The maximum Gasteiger partial charge on any atom is 0.419 e. The Balaban J connectivity index is 1.97. The zero-order valence-corrected chi connectivity index (χ0v) is 17.7. The van der Waals surface area contributed by atoms with Gasteiger partial charge in [0.1, 0.15) is 17.4 Å². The highest BCUT2D eigenvalue weighted by Gasteiger charge is 2.61. The molecule has 0 radical (unpaired) electrons. The van der Waals surface area contributed by atoms with Crippen molar-refractivity contribution >= 4 is 33.8 Å². The van der Waals surface area contributed by atoms with Gasteiger partial charge in [-0.05, 0) is 48.7 Å². The molecule has 0 saturated carbocycles. The van der Waals surface area contributed by atoms with Gasteiger partial charge < -0.3 is 15.5 Å². The molecule has 32 heavy (non-hydrogen) atoms. The summed E-state index contributed by atoms with van der Waals surface area (Å²) in [7, 11) is 0. The molecule has 10 heteroatoms. The van der Waals surface area contributed by atoms with Crippen molar-refractivity contribution in [3.63, 3.8) is 0 Å². The predicted octanol–water partition coefficient (Wildman–Crippen LogP) is 5.69. The minimum absolute atomic E-state index is 0.0115. The molecule has 2 aromatic carbocycles. The molecule has 0 aliphatic heterocycles. The van der Waals surface area contributed by atoms with E-state index in [9.17, 15) is 27.8 Å². The first-order valence-corrected chi connectivity index (χ1v) is 9.99. The van der Waals surface area contributed by atoms with Gasteiger partial charge in [0.2, 0.25) is 0 Å². The fraction of sp³-hybridized carbons (Fsp3) is 0.273. The van der Waals surface area contributed by atoms with Crippen LogP contribution >= 0.6 is 11.6 Å². The van der Waals surface area contributed by atoms with Crippen LogP contribution in [0.3, 0.4) is 0 Å². The van der Waals surface area contributed by atoms with Crippen molar-refractivity contribution in [1.82, 2.24) is 9.97 Å². The second-order valence-corrected chi connectivity index (χ2v) is 8.09. The highest BCUT2D eigenvalue weighted by molar-refractivity contribution is 6.32. The maximum atomic E-state index is 14.3. The van der Waals surface area contributed by atoms with Crippen molar-refractivity contribution in [2.75, 3.05) is 5.32 Å². The normalized spacial score (nSPS) is 22.2. The number of halogens is 5. The highest BCUT2D eigenvalue weighted by atomic mass is 35.5. The molecule has 1 aliphatic rings. The van der Waals surface area contributed by atoms with E-state index in [2.05, 4.69) is 15.3 Å². The van der Waals surface area contributed by atoms with E-state index in [0.29, 0.717) is 11.4 Å². The third kappa shape index (κ3) is 3.55. The Hall–Kier alpha value is -2.91. The number of alkyl halides is 3. The quantitative estimate of drug-likeness (QED) is 0.422. The summed E-state index contributed by atoms with van der Waals surface area (Å²) < 4.78 is 56.9. The molecule has 0 spiro atoms. The van der Waals surface area contributed by atoms with E-state index in [0.717, 1.165) is 12.1 Å². The summed E-state index contributed by atoms with van der Waals surface area (Å²) >= 11 is 6.01. The number of nitrogens with one attached hydrogen (secondary N) is 1. The molecule has 2 unspecified atom stereocenters. The summed E-state index contributed by atoms with van der Waals surface area (Å²) in [6.45, 7) is 3.14. The number of fused-ring (bicyclic) bond motifs is 2. The molecule has 3 aromatic rings. The lowest BCUT2D eigenvalue weighted by Gasteiger charge is -2.44. The van der Waals surface area contributed by atoms with E-state index < -0.39 is 30.1 Å². The van der Waals surface area contributed by atoms with Gasteiger partial charge in [-0.1, -0.05) is 17.7 Å². The van der Waals surface area contributed by atoms with E-state index in [-0.39, 0.29) is 38.5 Å². The van der Waals surface area contributed by atoms with E-state index >= 15 is 0 Å². The number of aliphatic hydroxyl groups is 1. The fourth-order valence-electron chi connectivity index (χ4n) is 4.03. The van der Waals surface area contributed by atoms with Crippen LogP contribution in [0.2, 0.25) is 5.02 Å². The van der Waals surface area contributed by atoms with Crippen molar-refractivity contribution in [3.8, 4) is 5.75 Å². The molecule has 168 valence electrons. The second kappa shape index (κ2) is 7.60. The Morgan fingerprint density at radius 2 is 1.97 bits per heavy atom. The average Bonchev–Trinajstić information content (AvgIpc) is 2.70. The van der Waals surface area contributed by atoms with Crippen molar-refractivity contribution in [3.05, 3.63) is 64.3 Å². The summed E-state index contributed by atoms with van der Waals surface area (Å²) in [5, 5.41) is 23.8. The van der Waals surface area contributed by atoms with Crippen LogP contribution in [0.15, 0.2) is 36.5 Å². The highest BCUT2D eigenvalue weighted by Crippen LogP contribution is 2.53. The van der Waals surface area contributed by atoms with Crippen LogP contribution in [0.1, 0.15) is 36.3 Å². The third-order valence-electron chi connectivity index (χ3n) is 5.64. The SMILES string of the molecule is CC=C1CC(O)(C(F)(F)F)C(Nc2cc(F)cc3nc(C)ncc23)c2cc(Cl)c(O)cc21. The number of phenols is 1. The summed E-state index contributed by atoms with van der Waals surface area (Å²) in [4.78, 5) is 8.18. The third-order valence-corrected chi connectivity index (χ3v) is 5.94. The first-order valence-electron chi connectivity index (χ1n) is 9.61. The summed E-state index contributed by atoms with van der Waals surface area (Å²) in [6.07, 6.45) is -3.01. The van der Waals surface area contributed by atoms with Crippen LogP contribution in [0, 0.1) is 12.7 Å². The van der Waals surface area contributed by atoms with Crippen molar-refractivity contribution in [2.45, 2.75) is 38.1 Å². The van der Waals surface area contributed by atoms with Crippen LogP contribution in [0.25, 0.3) is 16.5 Å². The number of aromatic hydroxyl groups is 1. The van der Waals surface area contributed by atoms with Gasteiger partial charge in [-0.25, -0.2) is 14.4 Å². The van der Waals surface area contributed by atoms with Crippen LogP contribution < -0.4 is 5.32 Å². The Bertz CT molecular complexity index is 1260. The topological polar surface area (TPSA) is 78.3 Å². The van der Waals surface area contributed by atoms with Crippen LogP contribution in [-0.4, -0.2) is 32.0 Å². The number of anilines is 1. The van der Waals surface area contributed by atoms with Crippen molar-refractivity contribution < 1.29 is 27.8 Å². The number of hydrogen-bond donors (Lipinski definition) is 3. The number of allylic oxidation sites excluding steroid dienone is 1. The number of hydrogen-bond acceptors (Lipinski definition) is 5. The average molecular weight is 468 g/mol. The lowest BCUT2D eigenvalue weighted by Crippen LogP contribution is -2.54. The van der Waals surface area contributed by atoms with Crippen LogP contribution in [-0.2, 0) is 0 Å². The maximum absolute atomic E-state index is 14.3. The van der Waals surface area contributed by atoms with E-state index in [1.807, 2.05) is 0 Å². The van der Waals surface area contributed by atoms with E-state index in [1.54, 1.807) is 6.92 Å². The Morgan fingerprint density at radius 3 is 2.62 bits per heavy atom. The molecule has 2 atom stereocenters. The molecular formula is C22H18ClF4N3O2. The Morgan fingerprint density at radius 1 is 1.25 bits per heavy atom. The number of benzene rings is 2. The van der Waals surface area contributed by atoms with Gasteiger partial charge in [0.05, 0.1) is 16.6 Å². The molecule has 0 saturated heterocycles. The molecule has 4 rings (SSSR count). The van der Waals surface area contributed by atoms with Crippen LogP contribution in [0.4, 0.5) is 23.2 Å². The number of aromatic nitrogens is 2. The molecule has 0 bridgehead atoms. The molecule has 1 aromatic heterocycles. The molecule has 1 heterocycles. The molecule has 5 nitrogen and oxygen atoms in total. The van der Waals surface area contributed by atoms with Crippen LogP contribution in [0.5, 0.6) is 5.75 Å². The predicted molar refractivity (Wildman–Crippen MR) is 113 cm³/mol. The second-order valence-electron chi connectivity index (χ2n) is 7.68. The zero-order valence-electron chi connectivity index (χ0n) is 16.9. The molecule has 0 amide bonds. The molecule has 3 N–H and O–H groups in total. The van der Waals surface area contributed by atoms with Gasteiger partial charge in [0, 0.05) is 29.8 Å². The van der Waals surface area contributed by atoms with Gasteiger partial charge >= 0.3 is 6.18 Å². The largest absolute Gasteiger partial charge is 0.506 e. The minimum Gasteiger partial charge on any atom is -0.506 e. The zero-order chi connectivity index (χ0) is 23.4. The first kappa shape index (κ1) is 22.3. The van der Waals surface area contributed by atoms with Crippen molar-refractivity contribution in [1.29, 1.82) is 0 Å². The summed E-state index contributed by atoms with van der Waals surface area (Å²) in [5.74, 6) is -0.660.